The number of anilines is 1. The molecule has 0 unspecified atom stereocenters. The number of hydrogen-bond donors (Lipinski definition) is 1. The molecule has 1 aromatic heterocycles. The number of ether oxygens (including phenoxy) is 3. The van der Waals surface area contributed by atoms with Gasteiger partial charge in [0.15, 0.2) is 11.5 Å². The fraction of sp³-hybridized carbons (Fsp3) is 0.304. The average molecular weight is 392 g/mol. The Morgan fingerprint density at radius 3 is 2.52 bits per heavy atom. The molecule has 1 saturated carbocycles. The fourth-order valence-corrected chi connectivity index (χ4v) is 3.71. The van der Waals surface area contributed by atoms with E-state index >= 15 is 0 Å². The zero-order valence-corrected chi connectivity index (χ0v) is 16.6. The van der Waals surface area contributed by atoms with Crippen LogP contribution in [0.25, 0.3) is 10.9 Å². The summed E-state index contributed by atoms with van der Waals surface area (Å²) < 4.78 is 16.9. The first-order valence-electron chi connectivity index (χ1n) is 9.77. The Balaban J connectivity index is 1.58. The van der Waals surface area contributed by atoms with Crippen molar-refractivity contribution in [1.29, 1.82) is 0 Å². The van der Waals surface area contributed by atoms with Crippen molar-refractivity contribution in [2.24, 2.45) is 0 Å². The van der Waals surface area contributed by atoms with Crippen LogP contribution in [0.2, 0.25) is 0 Å². The van der Waals surface area contributed by atoms with Gasteiger partial charge in [-0.05, 0) is 68.1 Å². The minimum atomic E-state index is -0.231. The molecular formula is C23H24N2O4. The number of rotatable bonds is 6. The van der Waals surface area contributed by atoms with Crippen LogP contribution in [-0.4, -0.2) is 31.2 Å². The first-order chi connectivity index (χ1) is 14.2. The van der Waals surface area contributed by atoms with E-state index in [1.165, 1.54) is 12.8 Å². The molecule has 0 radical (unpaired) electrons. The molecule has 0 atom stereocenters. The van der Waals surface area contributed by atoms with Gasteiger partial charge in [-0.15, -0.1) is 0 Å². The molecular weight excluding hydrogens is 368 g/mol. The molecule has 0 bridgehead atoms. The lowest BCUT2D eigenvalue weighted by molar-refractivity contribution is 0.102. The van der Waals surface area contributed by atoms with E-state index in [2.05, 4.69) is 10.3 Å². The molecule has 1 heterocycles. The molecule has 6 nitrogen and oxygen atoms in total. The Hall–Kier alpha value is -3.28. The van der Waals surface area contributed by atoms with Crippen LogP contribution in [0.15, 0.2) is 48.7 Å². The summed E-state index contributed by atoms with van der Waals surface area (Å²) in [5.74, 6) is 1.67. The highest BCUT2D eigenvalue weighted by Crippen LogP contribution is 2.33. The number of carbonyl (C=O) groups excluding carboxylic acids is 1. The molecule has 29 heavy (non-hydrogen) atoms. The van der Waals surface area contributed by atoms with E-state index in [1.807, 2.05) is 18.2 Å². The average Bonchev–Trinajstić information content (AvgIpc) is 3.27. The van der Waals surface area contributed by atoms with Crippen molar-refractivity contribution in [3.63, 3.8) is 0 Å². The van der Waals surface area contributed by atoms with Gasteiger partial charge in [0.2, 0.25) is 0 Å². The van der Waals surface area contributed by atoms with Gasteiger partial charge in [0.05, 0.1) is 26.0 Å². The Labute approximate surface area is 169 Å². The lowest BCUT2D eigenvalue weighted by Gasteiger charge is -2.17. The molecule has 150 valence electrons. The van der Waals surface area contributed by atoms with Gasteiger partial charge in [-0.2, -0.15) is 0 Å². The van der Waals surface area contributed by atoms with E-state index < -0.39 is 0 Å². The highest BCUT2D eigenvalue weighted by Gasteiger charge is 2.19. The molecule has 6 heteroatoms. The van der Waals surface area contributed by atoms with E-state index in [-0.39, 0.29) is 12.0 Å². The van der Waals surface area contributed by atoms with Crippen molar-refractivity contribution in [2.45, 2.75) is 31.8 Å². The van der Waals surface area contributed by atoms with Gasteiger partial charge in [0, 0.05) is 17.1 Å². The Morgan fingerprint density at radius 1 is 1.00 bits per heavy atom. The summed E-state index contributed by atoms with van der Waals surface area (Å²) >= 11 is 0. The van der Waals surface area contributed by atoms with Gasteiger partial charge in [-0.1, -0.05) is 0 Å². The van der Waals surface area contributed by atoms with Crippen LogP contribution in [-0.2, 0) is 0 Å². The SMILES string of the molecule is COc1cc(C(=O)Nc2ccc(OC)c3ncccc23)ccc1OC1CCCC1. The number of hydrogen-bond acceptors (Lipinski definition) is 5. The van der Waals surface area contributed by atoms with Crippen molar-refractivity contribution < 1.29 is 19.0 Å². The second kappa shape index (κ2) is 8.39. The van der Waals surface area contributed by atoms with E-state index in [9.17, 15) is 4.79 Å². The predicted molar refractivity (Wildman–Crippen MR) is 112 cm³/mol. The van der Waals surface area contributed by atoms with Crippen LogP contribution >= 0.6 is 0 Å². The number of methoxy groups -OCH3 is 2. The smallest absolute Gasteiger partial charge is 0.255 e. The van der Waals surface area contributed by atoms with Crippen LogP contribution in [0.1, 0.15) is 36.0 Å². The number of amides is 1. The van der Waals surface area contributed by atoms with E-state index in [1.54, 1.807) is 44.7 Å². The third kappa shape index (κ3) is 3.97. The normalized spacial score (nSPS) is 14.0. The zero-order chi connectivity index (χ0) is 20.2. The predicted octanol–water partition coefficient (Wildman–Crippen LogP) is 4.83. The Bertz CT molecular complexity index is 1030. The van der Waals surface area contributed by atoms with Crippen LogP contribution in [0.4, 0.5) is 5.69 Å². The fourth-order valence-electron chi connectivity index (χ4n) is 3.71. The quantitative estimate of drug-likeness (QED) is 0.651. The second-order valence-electron chi connectivity index (χ2n) is 7.06. The summed E-state index contributed by atoms with van der Waals surface area (Å²) in [5, 5.41) is 3.78. The minimum Gasteiger partial charge on any atom is -0.494 e. The summed E-state index contributed by atoms with van der Waals surface area (Å²) in [6.07, 6.45) is 6.43. The van der Waals surface area contributed by atoms with E-state index in [0.717, 1.165) is 18.2 Å². The third-order valence-corrected chi connectivity index (χ3v) is 5.22. The second-order valence-corrected chi connectivity index (χ2v) is 7.06. The summed E-state index contributed by atoms with van der Waals surface area (Å²) in [6.45, 7) is 0. The number of pyridine rings is 1. The van der Waals surface area contributed by atoms with Crippen molar-refractivity contribution in [2.75, 3.05) is 19.5 Å². The number of nitrogens with zero attached hydrogens (tertiary/aromatic N) is 1. The van der Waals surface area contributed by atoms with Gasteiger partial charge >= 0.3 is 0 Å². The molecule has 1 aliphatic carbocycles. The van der Waals surface area contributed by atoms with Gasteiger partial charge in [0.1, 0.15) is 11.3 Å². The Morgan fingerprint density at radius 2 is 1.76 bits per heavy atom. The number of nitrogens with one attached hydrogen (secondary N) is 1. The Kier molecular flexibility index (Phi) is 5.51. The molecule has 3 aromatic rings. The van der Waals surface area contributed by atoms with E-state index in [0.29, 0.717) is 34.0 Å². The standard InChI is InChI=1S/C23H24N2O4/c1-27-20-12-10-18(17-8-5-13-24-22(17)20)25-23(26)15-9-11-19(21(14-15)28-2)29-16-6-3-4-7-16/h5,8-14,16H,3-4,6-7H2,1-2H3,(H,25,26). The van der Waals surface area contributed by atoms with Crippen LogP contribution < -0.4 is 19.5 Å². The summed E-state index contributed by atoms with van der Waals surface area (Å²) in [6, 6.07) is 12.6. The van der Waals surface area contributed by atoms with Gasteiger partial charge in [-0.3, -0.25) is 9.78 Å². The largest absolute Gasteiger partial charge is 0.494 e. The van der Waals surface area contributed by atoms with Gasteiger partial charge in [0.25, 0.3) is 5.91 Å². The summed E-state index contributed by atoms with van der Waals surface area (Å²) in [5.41, 5.74) is 1.86. The van der Waals surface area contributed by atoms with Crippen LogP contribution in [0, 0.1) is 0 Å². The molecule has 2 aromatic carbocycles. The zero-order valence-electron chi connectivity index (χ0n) is 16.6. The number of fused-ring (bicyclic) bond motifs is 1. The van der Waals surface area contributed by atoms with Crippen LogP contribution in [0.5, 0.6) is 17.2 Å². The van der Waals surface area contributed by atoms with E-state index in [4.69, 9.17) is 14.2 Å². The first kappa shape index (κ1) is 19.1. The maximum Gasteiger partial charge on any atom is 0.255 e. The summed E-state index contributed by atoms with van der Waals surface area (Å²) in [7, 11) is 3.18. The molecule has 1 aliphatic rings. The summed E-state index contributed by atoms with van der Waals surface area (Å²) in [4.78, 5) is 17.2. The van der Waals surface area contributed by atoms with Crippen molar-refractivity contribution in [3.05, 3.63) is 54.2 Å². The lowest BCUT2D eigenvalue weighted by atomic mass is 10.1. The van der Waals surface area contributed by atoms with Crippen molar-refractivity contribution in [1.82, 2.24) is 4.98 Å². The number of aromatic nitrogens is 1. The molecule has 0 aliphatic heterocycles. The highest BCUT2D eigenvalue weighted by molar-refractivity contribution is 6.09. The molecule has 0 saturated heterocycles. The van der Waals surface area contributed by atoms with Gasteiger partial charge in [-0.25, -0.2) is 0 Å². The third-order valence-electron chi connectivity index (χ3n) is 5.22. The molecule has 0 spiro atoms. The topological polar surface area (TPSA) is 69.7 Å². The lowest BCUT2D eigenvalue weighted by Crippen LogP contribution is -2.14. The van der Waals surface area contributed by atoms with Crippen molar-refractivity contribution >= 4 is 22.5 Å². The van der Waals surface area contributed by atoms with Gasteiger partial charge < -0.3 is 19.5 Å². The first-order valence-corrected chi connectivity index (χ1v) is 9.77. The number of carbonyl (C=O) groups is 1. The number of benzene rings is 2. The molecule has 1 N–H and O–H groups in total. The van der Waals surface area contributed by atoms with Crippen molar-refractivity contribution in [3.8, 4) is 17.2 Å². The highest BCUT2D eigenvalue weighted by atomic mass is 16.5. The maximum absolute atomic E-state index is 12.9. The van der Waals surface area contributed by atoms with Crippen LogP contribution in [0.3, 0.4) is 0 Å². The molecule has 1 amide bonds. The minimum absolute atomic E-state index is 0.224. The molecule has 4 rings (SSSR count). The molecule has 1 fully saturated rings. The maximum atomic E-state index is 12.9. The monoisotopic (exact) mass is 392 g/mol.